The van der Waals surface area contributed by atoms with Crippen molar-refractivity contribution in [1.82, 2.24) is 4.98 Å². The van der Waals surface area contributed by atoms with E-state index in [-0.39, 0.29) is 0 Å². The molecule has 2 heterocycles. The molecule has 0 aliphatic carbocycles. The quantitative estimate of drug-likeness (QED) is 0.792. The summed E-state index contributed by atoms with van der Waals surface area (Å²) in [5.74, 6) is 1.68. The van der Waals surface area contributed by atoms with Gasteiger partial charge in [-0.15, -0.1) is 11.8 Å². The molecule has 0 atom stereocenters. The fourth-order valence-corrected chi connectivity index (χ4v) is 4.04. The maximum atomic E-state index is 11.6. The largest absolute Gasteiger partial charge is 0.481 e. The number of sulfone groups is 1. The summed E-state index contributed by atoms with van der Waals surface area (Å²) in [6.45, 7) is 0. The Bertz CT molecular complexity index is 886. The second kappa shape index (κ2) is 6.97. The third kappa shape index (κ3) is 3.74. The van der Waals surface area contributed by atoms with E-state index in [2.05, 4.69) is 15.3 Å². The minimum Gasteiger partial charge on any atom is -0.481 e. The van der Waals surface area contributed by atoms with Crippen LogP contribution in [0.15, 0.2) is 46.7 Å². The lowest BCUT2D eigenvalue weighted by atomic mass is 10.1. The van der Waals surface area contributed by atoms with E-state index in [1.165, 1.54) is 6.26 Å². The van der Waals surface area contributed by atoms with Gasteiger partial charge in [0.1, 0.15) is 0 Å². The molecule has 0 bridgehead atoms. The van der Waals surface area contributed by atoms with Crippen molar-refractivity contribution in [2.24, 2.45) is 0 Å². The number of benzene rings is 1. The Morgan fingerprint density at radius 2 is 1.68 bits per heavy atom. The normalized spacial score (nSPS) is 14.4. The maximum absolute atomic E-state index is 11.6. The molecular weight excluding hydrogens is 360 g/mol. The van der Waals surface area contributed by atoms with E-state index in [1.54, 1.807) is 38.1 Å². The van der Waals surface area contributed by atoms with Crippen LogP contribution in [-0.4, -0.2) is 39.8 Å². The first-order valence-electron chi connectivity index (χ1n) is 7.42. The van der Waals surface area contributed by atoms with Gasteiger partial charge in [-0.25, -0.2) is 8.42 Å². The molecule has 0 unspecified atom stereocenters. The molecule has 6 nitrogen and oxygen atoms in total. The zero-order chi connectivity index (χ0) is 18.0. The van der Waals surface area contributed by atoms with Crippen molar-refractivity contribution in [3.8, 4) is 11.8 Å². The Balaban J connectivity index is 1.96. The van der Waals surface area contributed by atoms with Crippen LogP contribution in [0.1, 0.15) is 5.56 Å². The van der Waals surface area contributed by atoms with E-state index in [0.29, 0.717) is 16.7 Å². The van der Waals surface area contributed by atoms with Gasteiger partial charge in [-0.3, -0.25) is 0 Å². The average Bonchev–Trinajstić information content (AvgIpc) is 3.10. The molecule has 8 heteroatoms. The lowest BCUT2D eigenvalue weighted by Crippen LogP contribution is -2.17. The number of nitrogens with zero attached hydrogens (tertiary/aromatic N) is 2. The van der Waals surface area contributed by atoms with E-state index < -0.39 is 9.84 Å². The summed E-state index contributed by atoms with van der Waals surface area (Å²) in [5, 5.41) is 2.05. The number of rotatable bonds is 5. The predicted molar refractivity (Wildman–Crippen MR) is 99.8 cm³/mol. The molecule has 1 aliphatic heterocycles. The van der Waals surface area contributed by atoms with Crippen LogP contribution in [0.25, 0.3) is 5.70 Å². The molecular formula is C17H18N2O4S2. The van der Waals surface area contributed by atoms with Crippen LogP contribution in [0.3, 0.4) is 0 Å². The van der Waals surface area contributed by atoms with Crippen LogP contribution in [0, 0.1) is 0 Å². The van der Waals surface area contributed by atoms with Gasteiger partial charge in [-0.05, 0) is 29.7 Å². The zero-order valence-electron chi connectivity index (χ0n) is 14.1. The van der Waals surface area contributed by atoms with E-state index in [9.17, 15) is 8.42 Å². The number of hydrogen-bond acceptors (Lipinski definition) is 7. The third-order valence-corrected chi connectivity index (χ3v) is 5.68. The SMILES string of the molecule is COc1cc(C2=CSCN2c2ccc(S(C)(=O)=O)cc2)cc(OC)n1. The molecule has 0 saturated heterocycles. The Hall–Kier alpha value is -2.19. The topological polar surface area (TPSA) is 68.7 Å². The highest BCUT2D eigenvalue weighted by Crippen LogP contribution is 2.37. The highest BCUT2D eigenvalue weighted by Gasteiger charge is 2.21. The summed E-state index contributed by atoms with van der Waals surface area (Å²) >= 11 is 1.66. The van der Waals surface area contributed by atoms with Crippen molar-refractivity contribution >= 4 is 33.0 Å². The standard InChI is InChI=1S/C17H18N2O4S2/c1-22-16-8-12(9-17(18-16)23-2)15-10-24-11-19(15)13-4-6-14(7-5-13)25(3,20)21/h4-10H,11H2,1-3H3. The summed E-state index contributed by atoms with van der Waals surface area (Å²) in [6, 6.07) is 10.6. The van der Waals surface area contributed by atoms with Gasteiger partial charge in [-0.1, -0.05) is 0 Å². The highest BCUT2D eigenvalue weighted by atomic mass is 32.2. The van der Waals surface area contributed by atoms with E-state index in [4.69, 9.17) is 9.47 Å². The number of anilines is 1. The van der Waals surface area contributed by atoms with Crippen molar-refractivity contribution in [2.45, 2.75) is 4.90 Å². The first kappa shape index (κ1) is 17.6. The molecule has 0 fully saturated rings. The number of ether oxygens (including phenoxy) is 2. The molecule has 0 saturated carbocycles. The molecule has 0 amide bonds. The summed E-state index contributed by atoms with van der Waals surface area (Å²) < 4.78 is 33.7. The summed E-state index contributed by atoms with van der Waals surface area (Å²) in [7, 11) is -0.0854. The summed E-state index contributed by atoms with van der Waals surface area (Å²) in [6.07, 6.45) is 1.20. The first-order valence-corrected chi connectivity index (χ1v) is 10.4. The summed E-state index contributed by atoms with van der Waals surface area (Å²) in [4.78, 5) is 6.62. The fraction of sp³-hybridized carbons (Fsp3) is 0.235. The van der Waals surface area contributed by atoms with Crippen LogP contribution in [0.5, 0.6) is 11.8 Å². The third-order valence-electron chi connectivity index (χ3n) is 3.76. The number of pyridine rings is 1. The highest BCUT2D eigenvalue weighted by molar-refractivity contribution is 8.02. The Morgan fingerprint density at radius 1 is 1.08 bits per heavy atom. The van der Waals surface area contributed by atoms with Crippen LogP contribution in [0.2, 0.25) is 0 Å². The van der Waals surface area contributed by atoms with Gasteiger partial charge in [-0.2, -0.15) is 4.98 Å². The van der Waals surface area contributed by atoms with Crippen molar-refractivity contribution < 1.29 is 17.9 Å². The lowest BCUT2D eigenvalue weighted by molar-refractivity contribution is 0.364. The number of thioether (sulfide) groups is 1. The Labute approximate surface area is 151 Å². The van der Waals surface area contributed by atoms with Crippen LogP contribution in [-0.2, 0) is 9.84 Å². The van der Waals surface area contributed by atoms with Gasteiger partial charge < -0.3 is 14.4 Å². The average molecular weight is 378 g/mol. The molecule has 3 rings (SSSR count). The molecule has 1 aromatic carbocycles. The second-order valence-electron chi connectivity index (χ2n) is 5.43. The fourth-order valence-electron chi connectivity index (χ4n) is 2.47. The molecule has 0 radical (unpaired) electrons. The van der Waals surface area contributed by atoms with Crippen LogP contribution < -0.4 is 14.4 Å². The van der Waals surface area contributed by atoms with Gasteiger partial charge in [0.15, 0.2) is 9.84 Å². The lowest BCUT2D eigenvalue weighted by Gasteiger charge is -2.22. The smallest absolute Gasteiger partial charge is 0.216 e. The van der Waals surface area contributed by atoms with Gasteiger partial charge in [0.25, 0.3) is 0 Å². The Kier molecular flexibility index (Phi) is 4.91. The van der Waals surface area contributed by atoms with Gasteiger partial charge in [0.2, 0.25) is 11.8 Å². The number of methoxy groups -OCH3 is 2. The van der Waals surface area contributed by atoms with Gasteiger partial charge in [0.05, 0.1) is 30.7 Å². The van der Waals surface area contributed by atoms with E-state index >= 15 is 0 Å². The van der Waals surface area contributed by atoms with Crippen molar-refractivity contribution in [3.05, 3.63) is 47.4 Å². The molecule has 1 aliphatic rings. The predicted octanol–water partition coefficient (Wildman–Crippen LogP) is 3.01. The van der Waals surface area contributed by atoms with Crippen LogP contribution in [0.4, 0.5) is 5.69 Å². The maximum Gasteiger partial charge on any atom is 0.216 e. The molecule has 132 valence electrons. The van der Waals surface area contributed by atoms with Gasteiger partial charge in [0, 0.05) is 29.6 Å². The molecule has 2 aromatic rings. The first-order chi connectivity index (χ1) is 11.9. The minimum absolute atomic E-state index is 0.306. The number of aromatic nitrogens is 1. The molecule has 0 N–H and O–H groups in total. The monoisotopic (exact) mass is 378 g/mol. The number of hydrogen-bond donors (Lipinski definition) is 0. The second-order valence-corrected chi connectivity index (χ2v) is 8.28. The van der Waals surface area contributed by atoms with Crippen LogP contribution >= 0.6 is 11.8 Å². The minimum atomic E-state index is -3.21. The van der Waals surface area contributed by atoms with Crippen molar-refractivity contribution in [3.63, 3.8) is 0 Å². The molecule has 1 aromatic heterocycles. The molecule has 0 spiro atoms. The van der Waals surface area contributed by atoms with E-state index in [1.807, 2.05) is 24.3 Å². The summed E-state index contributed by atoms with van der Waals surface area (Å²) in [5.41, 5.74) is 2.82. The Morgan fingerprint density at radius 3 is 2.20 bits per heavy atom. The zero-order valence-corrected chi connectivity index (χ0v) is 15.7. The van der Waals surface area contributed by atoms with Crippen molar-refractivity contribution in [1.29, 1.82) is 0 Å². The van der Waals surface area contributed by atoms with Gasteiger partial charge >= 0.3 is 0 Å². The molecule has 25 heavy (non-hydrogen) atoms. The van der Waals surface area contributed by atoms with E-state index in [0.717, 1.165) is 22.8 Å². The van der Waals surface area contributed by atoms with Crippen molar-refractivity contribution in [2.75, 3.05) is 31.3 Å².